The molecule has 0 saturated carbocycles. The molecule has 2 saturated heterocycles. The Morgan fingerprint density at radius 2 is 2.00 bits per heavy atom. The van der Waals surface area contributed by atoms with Crippen molar-refractivity contribution in [2.75, 3.05) is 16.4 Å². The number of aryl methyl sites for hydroxylation is 1. The molecule has 0 aliphatic carbocycles. The number of halogens is 1. The maximum Gasteiger partial charge on any atom is 0.252 e. The first-order chi connectivity index (χ1) is 13.3. The Balaban J connectivity index is 1.65. The van der Waals surface area contributed by atoms with Gasteiger partial charge >= 0.3 is 0 Å². The zero-order valence-electron chi connectivity index (χ0n) is 15.2. The molecule has 0 N–H and O–H groups in total. The minimum Gasteiger partial charge on any atom is -0.316 e. The number of carbonyl (C=O) groups excluding carboxylic acids is 1. The van der Waals surface area contributed by atoms with Crippen LogP contribution in [0.1, 0.15) is 11.1 Å². The van der Waals surface area contributed by atoms with Crippen molar-refractivity contribution in [3.63, 3.8) is 0 Å². The van der Waals surface area contributed by atoms with E-state index < -0.39 is 9.84 Å². The van der Waals surface area contributed by atoms with Crippen LogP contribution in [0.3, 0.4) is 0 Å². The summed E-state index contributed by atoms with van der Waals surface area (Å²) in [6.07, 6.45) is 0.236. The number of fused-ring (bicyclic) bond motifs is 1. The van der Waals surface area contributed by atoms with E-state index in [9.17, 15) is 13.2 Å². The molecule has 2 aliphatic rings. The van der Waals surface area contributed by atoms with E-state index in [4.69, 9.17) is 0 Å². The molecule has 0 radical (unpaired) electrons. The summed E-state index contributed by atoms with van der Waals surface area (Å²) in [7, 11) is -3.07. The number of hydrogen-bond donors (Lipinski definition) is 0. The largest absolute Gasteiger partial charge is 0.316 e. The average molecular weight is 526 g/mol. The highest BCUT2D eigenvalue weighted by Gasteiger charge is 2.49. The van der Waals surface area contributed by atoms with Gasteiger partial charge < -0.3 is 4.90 Å². The molecule has 0 unspecified atom stereocenters. The average Bonchev–Trinajstić information content (AvgIpc) is 3.05. The van der Waals surface area contributed by atoms with Crippen molar-refractivity contribution in [3.05, 3.63) is 63.2 Å². The van der Waals surface area contributed by atoms with Crippen LogP contribution in [-0.2, 0) is 21.1 Å². The fourth-order valence-electron chi connectivity index (χ4n) is 3.64. The lowest BCUT2D eigenvalue weighted by Crippen LogP contribution is -2.37. The van der Waals surface area contributed by atoms with Crippen LogP contribution in [0.15, 0.2) is 53.5 Å². The van der Waals surface area contributed by atoms with Gasteiger partial charge in [0.2, 0.25) is 0 Å². The van der Waals surface area contributed by atoms with Gasteiger partial charge in [-0.15, -0.1) is 0 Å². The van der Waals surface area contributed by atoms with Gasteiger partial charge in [-0.1, -0.05) is 47.7 Å². The Bertz CT molecular complexity index is 1070. The second kappa shape index (κ2) is 7.79. The van der Waals surface area contributed by atoms with E-state index in [0.717, 1.165) is 20.4 Å². The third-order valence-corrected chi connectivity index (χ3v) is 8.69. The molecule has 0 aromatic heterocycles. The van der Waals surface area contributed by atoms with Crippen LogP contribution in [0.25, 0.3) is 0 Å². The highest BCUT2D eigenvalue weighted by molar-refractivity contribution is 14.1. The summed E-state index contributed by atoms with van der Waals surface area (Å²) in [5.41, 5.74) is 2.92. The van der Waals surface area contributed by atoms with Crippen LogP contribution in [0, 0.1) is 10.5 Å². The number of amides is 1. The molecule has 28 heavy (non-hydrogen) atoms. The van der Waals surface area contributed by atoms with E-state index in [0.29, 0.717) is 5.17 Å². The fraction of sp³-hybridized carbons (Fsp3) is 0.300. The Morgan fingerprint density at radius 3 is 2.75 bits per heavy atom. The highest BCUT2D eigenvalue weighted by atomic mass is 127. The van der Waals surface area contributed by atoms with Gasteiger partial charge in [-0.3, -0.25) is 4.79 Å². The van der Waals surface area contributed by atoms with Crippen molar-refractivity contribution in [1.82, 2.24) is 0 Å². The number of amidine groups is 1. The maximum absolute atomic E-state index is 12.6. The van der Waals surface area contributed by atoms with Gasteiger partial charge in [-0.05, 0) is 53.3 Å². The second-order valence-electron chi connectivity index (χ2n) is 7.10. The van der Waals surface area contributed by atoms with Crippen molar-refractivity contribution in [2.24, 2.45) is 4.99 Å². The summed E-state index contributed by atoms with van der Waals surface area (Å²) in [6.45, 7) is 1.99. The predicted molar refractivity (Wildman–Crippen MR) is 123 cm³/mol. The molecule has 146 valence electrons. The van der Waals surface area contributed by atoms with Crippen LogP contribution in [0.4, 0.5) is 5.69 Å². The number of sulfone groups is 1. The number of rotatable bonds is 3. The van der Waals surface area contributed by atoms with Gasteiger partial charge in [-0.25, -0.2) is 8.42 Å². The molecule has 2 heterocycles. The van der Waals surface area contributed by atoms with E-state index in [2.05, 4.69) is 27.6 Å². The lowest BCUT2D eigenvalue weighted by Gasteiger charge is -2.24. The third kappa shape index (κ3) is 4.28. The number of aliphatic imine (C=N–C) groups is 1. The monoisotopic (exact) mass is 526 g/mol. The smallest absolute Gasteiger partial charge is 0.252 e. The van der Waals surface area contributed by atoms with Crippen molar-refractivity contribution < 1.29 is 13.2 Å². The van der Waals surface area contributed by atoms with Crippen LogP contribution in [-0.4, -0.2) is 42.3 Å². The maximum atomic E-state index is 12.6. The van der Waals surface area contributed by atoms with Crippen LogP contribution < -0.4 is 4.90 Å². The molecule has 2 aliphatic heterocycles. The summed E-state index contributed by atoms with van der Waals surface area (Å²) >= 11 is 3.64. The summed E-state index contributed by atoms with van der Waals surface area (Å²) in [5.74, 6) is 0.0151. The standard InChI is InChI=1S/C20H19IN2O3S2/c1-13-4-2-5-14(8-13)9-19(24)22-20-23(16-7-3-6-15(21)10-16)17-11-28(25,26)12-18(17)27-20/h2-8,10,17-18H,9,11-12H2,1H3/t17-,18-/m1/s1. The number of benzene rings is 2. The van der Waals surface area contributed by atoms with Crippen LogP contribution in [0.2, 0.25) is 0 Å². The van der Waals surface area contributed by atoms with Crippen molar-refractivity contribution in [1.29, 1.82) is 0 Å². The van der Waals surface area contributed by atoms with Gasteiger partial charge in [0, 0.05) is 14.5 Å². The molecule has 8 heteroatoms. The molecule has 5 nitrogen and oxygen atoms in total. The summed E-state index contributed by atoms with van der Waals surface area (Å²) in [4.78, 5) is 19.0. The molecule has 2 atom stereocenters. The topological polar surface area (TPSA) is 66.8 Å². The van der Waals surface area contributed by atoms with Crippen molar-refractivity contribution in [3.8, 4) is 0 Å². The number of carbonyl (C=O) groups is 1. The molecular weight excluding hydrogens is 507 g/mol. The number of thioether (sulfide) groups is 1. The van der Waals surface area contributed by atoms with E-state index in [1.165, 1.54) is 11.8 Å². The molecule has 1 amide bonds. The molecule has 0 spiro atoms. The van der Waals surface area contributed by atoms with Crippen LogP contribution in [0.5, 0.6) is 0 Å². The number of hydrogen-bond acceptors (Lipinski definition) is 4. The minimum absolute atomic E-state index is 0.0895. The van der Waals surface area contributed by atoms with Gasteiger partial charge in [0.25, 0.3) is 5.91 Å². The Labute approximate surface area is 182 Å². The third-order valence-electron chi connectivity index (χ3n) is 4.81. The molecular formula is C20H19IN2O3S2. The van der Waals surface area contributed by atoms with E-state index in [-0.39, 0.29) is 35.1 Å². The predicted octanol–water partition coefficient (Wildman–Crippen LogP) is 3.44. The van der Waals surface area contributed by atoms with Gasteiger partial charge in [0.05, 0.1) is 24.0 Å². The first-order valence-corrected chi connectivity index (χ1v) is 12.7. The first-order valence-electron chi connectivity index (χ1n) is 8.90. The van der Waals surface area contributed by atoms with Gasteiger partial charge in [-0.2, -0.15) is 4.99 Å². The Kier molecular flexibility index (Phi) is 5.54. The van der Waals surface area contributed by atoms with Crippen molar-refractivity contribution >= 4 is 61.0 Å². The van der Waals surface area contributed by atoms with Crippen molar-refractivity contribution in [2.45, 2.75) is 24.6 Å². The Morgan fingerprint density at radius 1 is 1.21 bits per heavy atom. The first kappa shape index (κ1) is 19.9. The normalized spacial score (nSPS) is 24.5. The lowest BCUT2D eigenvalue weighted by atomic mass is 10.1. The van der Waals surface area contributed by atoms with Gasteiger partial charge in [0.1, 0.15) is 0 Å². The number of nitrogens with zero attached hydrogens (tertiary/aromatic N) is 2. The zero-order chi connectivity index (χ0) is 19.9. The van der Waals surface area contributed by atoms with Crippen LogP contribution >= 0.6 is 34.4 Å². The zero-order valence-corrected chi connectivity index (χ0v) is 19.0. The molecule has 2 aromatic rings. The quantitative estimate of drug-likeness (QED) is 0.574. The van der Waals surface area contributed by atoms with E-state index in [1.807, 2.05) is 60.4 Å². The summed E-state index contributed by atoms with van der Waals surface area (Å²) in [5, 5.41) is 0.512. The minimum atomic E-state index is -3.07. The van der Waals surface area contributed by atoms with E-state index >= 15 is 0 Å². The Hall–Kier alpha value is -1.39. The van der Waals surface area contributed by atoms with Gasteiger partial charge in [0.15, 0.2) is 15.0 Å². The summed E-state index contributed by atoms with van der Waals surface area (Å²) < 4.78 is 25.3. The molecule has 4 rings (SSSR count). The molecule has 0 bridgehead atoms. The van der Waals surface area contributed by atoms with E-state index in [1.54, 1.807) is 0 Å². The SMILES string of the molecule is Cc1cccc(CC(=O)N=C2S[C@@H]3CS(=O)(=O)C[C@H]3N2c2cccc(I)c2)c1. The molecule has 2 fully saturated rings. The molecule has 2 aromatic carbocycles. The fourth-order valence-corrected chi connectivity index (χ4v) is 8.09. The summed E-state index contributed by atoms with van der Waals surface area (Å²) in [6, 6.07) is 15.5. The lowest BCUT2D eigenvalue weighted by molar-refractivity contribution is -0.117. The second-order valence-corrected chi connectivity index (χ2v) is 11.7. The highest BCUT2D eigenvalue weighted by Crippen LogP contribution is 2.41. The number of anilines is 1.